The van der Waals surface area contributed by atoms with Gasteiger partial charge in [0.1, 0.15) is 0 Å². The quantitative estimate of drug-likeness (QED) is 0.126. The van der Waals surface area contributed by atoms with Crippen LogP contribution in [-0.2, 0) is 4.43 Å². The second-order valence-electron chi connectivity index (χ2n) is 9.02. The molecule has 0 amide bonds. The van der Waals surface area contributed by atoms with Crippen LogP contribution in [0.1, 0.15) is 113 Å². The summed E-state index contributed by atoms with van der Waals surface area (Å²) in [6.07, 6.45) is 14.1. The molecule has 0 aromatic heterocycles. The van der Waals surface area contributed by atoms with Gasteiger partial charge in [-0.2, -0.15) is 0 Å². The van der Waals surface area contributed by atoms with Crippen LogP contribution >= 0.6 is 0 Å². The van der Waals surface area contributed by atoms with Crippen molar-refractivity contribution in [1.82, 2.24) is 0 Å². The third-order valence-electron chi connectivity index (χ3n) is 7.16. The predicted molar refractivity (Wildman–Crippen MR) is 131 cm³/mol. The maximum absolute atomic E-state index is 7.42. The van der Waals surface area contributed by atoms with E-state index in [1.807, 2.05) is 0 Å². The Morgan fingerprint density at radius 2 is 1.00 bits per heavy atom. The van der Waals surface area contributed by atoms with E-state index in [4.69, 9.17) is 4.43 Å². The van der Waals surface area contributed by atoms with Crippen LogP contribution in [0.4, 0.5) is 0 Å². The van der Waals surface area contributed by atoms with Crippen LogP contribution in [0, 0.1) is 0 Å². The van der Waals surface area contributed by atoms with Crippen LogP contribution < -0.4 is 0 Å². The van der Waals surface area contributed by atoms with Gasteiger partial charge in [0.2, 0.25) is 0 Å². The van der Waals surface area contributed by atoms with Gasteiger partial charge in [0.05, 0.1) is 0 Å². The molecule has 3 heteroatoms. The van der Waals surface area contributed by atoms with Gasteiger partial charge in [-0.3, -0.25) is 0 Å². The molecule has 0 aliphatic heterocycles. The van der Waals surface area contributed by atoms with Gasteiger partial charge in [-0.25, -0.2) is 0 Å². The summed E-state index contributed by atoms with van der Waals surface area (Å²) in [4.78, 5) is 0. The predicted octanol–water partition coefficient (Wildman–Crippen LogP) is 9.35. The molecule has 1 atom stereocenters. The Bertz CT molecular complexity index is 300. The first-order chi connectivity index (χ1) is 13.0. The van der Waals surface area contributed by atoms with E-state index in [-0.39, 0.29) is 0 Å². The summed E-state index contributed by atoms with van der Waals surface area (Å²) in [5.74, 6) is 0. The van der Waals surface area contributed by atoms with Gasteiger partial charge in [0, 0.05) is 0 Å². The summed E-state index contributed by atoms with van der Waals surface area (Å²) >= 11 is -2.32. The monoisotopic (exact) mass is 506 g/mol. The second-order valence-corrected chi connectivity index (χ2v) is 27.6. The molecule has 0 bridgehead atoms. The van der Waals surface area contributed by atoms with E-state index >= 15 is 0 Å². The summed E-state index contributed by atoms with van der Waals surface area (Å²) in [5, 5.41) is 0. The van der Waals surface area contributed by atoms with Crippen molar-refractivity contribution >= 4 is 26.7 Å². The van der Waals surface area contributed by atoms with Crippen molar-refractivity contribution in [2.45, 2.75) is 148 Å². The number of rotatable bonds is 19. The van der Waals surface area contributed by atoms with Crippen LogP contribution in [0.3, 0.4) is 0 Å². The molecule has 0 saturated heterocycles. The summed E-state index contributed by atoms with van der Waals surface area (Å²) in [7, 11) is -1.52. The van der Waals surface area contributed by atoms with Crippen LogP contribution in [0.2, 0.25) is 31.4 Å². The summed E-state index contributed by atoms with van der Waals surface area (Å²) in [6, 6.07) is 3.96. The Morgan fingerprint density at radius 1 is 0.593 bits per heavy atom. The van der Waals surface area contributed by atoms with Crippen molar-refractivity contribution in [3.05, 3.63) is 0 Å². The normalized spacial score (nSPS) is 13.9. The van der Waals surface area contributed by atoms with E-state index < -0.39 is 26.7 Å². The number of hydrogen-bond donors (Lipinski definition) is 0. The van der Waals surface area contributed by atoms with E-state index in [2.05, 4.69) is 48.5 Å². The molecule has 0 rings (SSSR count). The van der Waals surface area contributed by atoms with Crippen molar-refractivity contribution in [1.29, 1.82) is 0 Å². The molecule has 164 valence electrons. The fourth-order valence-corrected chi connectivity index (χ4v) is 28.4. The molecule has 0 spiro atoms. The van der Waals surface area contributed by atoms with E-state index in [9.17, 15) is 0 Å². The molecule has 0 N–H and O–H groups in total. The Labute approximate surface area is 178 Å². The molecule has 0 aromatic rings. The van der Waals surface area contributed by atoms with E-state index in [1.165, 1.54) is 82.3 Å². The molecule has 0 aliphatic carbocycles. The summed E-state index contributed by atoms with van der Waals surface area (Å²) in [5.41, 5.74) is 0. The maximum atomic E-state index is 7.42. The Kier molecular flexibility index (Phi) is 17.3. The molecule has 0 aliphatic rings. The first-order valence-electron chi connectivity index (χ1n) is 12.7. The second kappa shape index (κ2) is 16.7. The standard InChI is InChI=1S/C12H27OSi.3C4H9.Sn/c1-5-9-10-11-12-13-14(6-2,7-3)8-4;3*1-3-4-2;/h12H,5-11H2,1-4H3;3*1,3-4H2,2H3;. The zero-order valence-corrected chi connectivity index (χ0v) is 24.2. The van der Waals surface area contributed by atoms with Crippen molar-refractivity contribution in [3.8, 4) is 0 Å². The van der Waals surface area contributed by atoms with Crippen molar-refractivity contribution < 1.29 is 4.43 Å². The van der Waals surface area contributed by atoms with Crippen LogP contribution in [0.5, 0.6) is 0 Å². The number of unbranched alkanes of at least 4 members (excludes halogenated alkanes) is 5. The Hall–Kier alpha value is 0.976. The molecular formula is C24H54OSiSn. The minimum absolute atomic E-state index is 0.724. The molecular weight excluding hydrogens is 451 g/mol. The molecule has 0 saturated carbocycles. The zero-order chi connectivity index (χ0) is 20.6. The van der Waals surface area contributed by atoms with Gasteiger partial charge in [0.25, 0.3) is 0 Å². The van der Waals surface area contributed by atoms with E-state index in [1.54, 1.807) is 13.3 Å². The molecule has 0 aromatic carbocycles. The van der Waals surface area contributed by atoms with E-state index in [0.29, 0.717) is 0 Å². The van der Waals surface area contributed by atoms with Gasteiger partial charge in [-0.15, -0.1) is 0 Å². The fourth-order valence-electron chi connectivity index (χ4n) is 4.82. The SMILES string of the molecule is CCCCC[CH](O[Si](CC)(CC)CC)[Sn]([CH2]CCC)([CH2]CCC)[CH2]CCC. The number of hydrogen-bond acceptors (Lipinski definition) is 1. The molecule has 1 nitrogen and oxygen atoms in total. The molecule has 27 heavy (non-hydrogen) atoms. The van der Waals surface area contributed by atoms with E-state index in [0.717, 1.165) is 4.12 Å². The zero-order valence-electron chi connectivity index (χ0n) is 20.3. The van der Waals surface area contributed by atoms with Gasteiger partial charge >= 0.3 is 179 Å². The third kappa shape index (κ3) is 10.0. The average molecular weight is 505 g/mol. The molecule has 0 fully saturated rings. The molecule has 1 unspecified atom stereocenters. The Balaban J connectivity index is 5.77. The summed E-state index contributed by atoms with van der Waals surface area (Å²) in [6.45, 7) is 16.8. The van der Waals surface area contributed by atoms with Gasteiger partial charge in [-0.05, 0) is 0 Å². The van der Waals surface area contributed by atoms with Gasteiger partial charge in [-0.1, -0.05) is 0 Å². The third-order valence-corrected chi connectivity index (χ3v) is 29.1. The van der Waals surface area contributed by atoms with Gasteiger partial charge in [0.15, 0.2) is 0 Å². The average Bonchev–Trinajstić information content (AvgIpc) is 2.71. The van der Waals surface area contributed by atoms with Crippen LogP contribution in [0.15, 0.2) is 0 Å². The topological polar surface area (TPSA) is 9.23 Å². The minimum atomic E-state index is -2.32. The van der Waals surface area contributed by atoms with Crippen molar-refractivity contribution in [2.75, 3.05) is 0 Å². The van der Waals surface area contributed by atoms with Crippen LogP contribution in [-0.4, -0.2) is 30.8 Å². The first kappa shape index (κ1) is 28.0. The fraction of sp³-hybridized carbons (Fsp3) is 1.00. The van der Waals surface area contributed by atoms with Crippen LogP contribution in [0.25, 0.3) is 0 Å². The van der Waals surface area contributed by atoms with Crippen molar-refractivity contribution in [2.24, 2.45) is 0 Å². The first-order valence-corrected chi connectivity index (χ1v) is 22.9. The van der Waals surface area contributed by atoms with Crippen molar-refractivity contribution in [3.63, 3.8) is 0 Å². The Morgan fingerprint density at radius 3 is 1.33 bits per heavy atom. The molecule has 0 heterocycles. The summed E-state index contributed by atoms with van der Waals surface area (Å²) < 4.78 is 12.9. The molecule has 0 radical (unpaired) electrons. The van der Waals surface area contributed by atoms with Gasteiger partial charge < -0.3 is 0 Å².